The molecule has 1 aliphatic carbocycles. The van der Waals surface area contributed by atoms with E-state index in [9.17, 15) is 27.1 Å². The van der Waals surface area contributed by atoms with Crippen LogP contribution in [0.5, 0.6) is 0 Å². The average molecular weight is 481 g/mol. The van der Waals surface area contributed by atoms with Gasteiger partial charge in [-0.25, -0.2) is 17.2 Å². The number of sulfone groups is 1. The Morgan fingerprint density at radius 1 is 1.10 bits per heavy atom. The predicted octanol–water partition coefficient (Wildman–Crippen LogP) is 1.01. The number of aliphatic carboxylic acids is 1. The van der Waals surface area contributed by atoms with Gasteiger partial charge in [-0.05, 0) is 86.9 Å². The maximum atomic E-state index is 14.7. The summed E-state index contributed by atoms with van der Waals surface area (Å²) in [6.07, 6.45) is 1.15. The SMILES string of the molecule is O=C([O-])CCC1CCC(c2cc(F)ccc2F)(S(=O)(=O)c2ccc(Cl)cc2)CC1.[K+]. The van der Waals surface area contributed by atoms with Gasteiger partial charge in [-0.3, -0.25) is 0 Å². The fourth-order valence-corrected chi connectivity index (χ4v) is 6.41. The minimum Gasteiger partial charge on any atom is -0.550 e. The van der Waals surface area contributed by atoms with Crippen LogP contribution in [-0.2, 0) is 19.4 Å². The van der Waals surface area contributed by atoms with E-state index in [1.54, 1.807) is 0 Å². The molecule has 2 aromatic rings. The normalized spacial score (nSPS) is 21.6. The number of rotatable bonds is 6. The van der Waals surface area contributed by atoms with Crippen molar-refractivity contribution >= 4 is 27.4 Å². The van der Waals surface area contributed by atoms with Crippen molar-refractivity contribution in [3.05, 3.63) is 64.7 Å². The Morgan fingerprint density at radius 2 is 1.70 bits per heavy atom. The Morgan fingerprint density at radius 3 is 2.27 bits per heavy atom. The third-order valence-corrected chi connectivity index (χ3v) is 8.53. The Balaban J connectivity index is 0.00000320. The van der Waals surface area contributed by atoms with E-state index in [0.717, 1.165) is 18.2 Å². The fraction of sp³-hybridized carbons (Fsp3) is 0.381. The molecule has 1 saturated carbocycles. The van der Waals surface area contributed by atoms with E-state index in [-0.39, 0.29) is 87.0 Å². The summed E-state index contributed by atoms with van der Waals surface area (Å²) in [4.78, 5) is 10.7. The average Bonchev–Trinajstić information content (AvgIpc) is 2.69. The maximum absolute atomic E-state index is 14.7. The van der Waals surface area contributed by atoms with Gasteiger partial charge in [-0.2, -0.15) is 0 Å². The summed E-state index contributed by atoms with van der Waals surface area (Å²) in [5.41, 5.74) is -0.189. The Hall–Kier alpha value is -0.354. The topological polar surface area (TPSA) is 74.3 Å². The monoisotopic (exact) mass is 480 g/mol. The number of carboxylic acid groups (broad SMARTS) is 1. The molecule has 2 aromatic carbocycles. The van der Waals surface area contributed by atoms with Gasteiger partial charge in [0, 0.05) is 16.6 Å². The Kier molecular flexibility index (Phi) is 9.07. The van der Waals surface area contributed by atoms with Crippen molar-refractivity contribution in [2.75, 3.05) is 0 Å². The van der Waals surface area contributed by atoms with Crippen LogP contribution in [0.1, 0.15) is 44.1 Å². The van der Waals surface area contributed by atoms with Crippen LogP contribution in [0.4, 0.5) is 8.78 Å². The molecule has 4 nitrogen and oxygen atoms in total. The summed E-state index contributed by atoms with van der Waals surface area (Å²) in [5.74, 6) is -2.67. The van der Waals surface area contributed by atoms with Crippen molar-refractivity contribution in [1.29, 1.82) is 0 Å². The molecular weight excluding hydrogens is 461 g/mol. The zero-order chi connectivity index (χ0) is 21.2. The third-order valence-electron chi connectivity index (χ3n) is 5.73. The zero-order valence-electron chi connectivity index (χ0n) is 16.5. The first-order valence-corrected chi connectivity index (χ1v) is 11.2. The van der Waals surface area contributed by atoms with E-state index >= 15 is 0 Å². The number of benzene rings is 2. The largest absolute Gasteiger partial charge is 1.00 e. The van der Waals surface area contributed by atoms with Crippen LogP contribution in [0.2, 0.25) is 5.02 Å². The van der Waals surface area contributed by atoms with Gasteiger partial charge in [-0.1, -0.05) is 11.6 Å². The van der Waals surface area contributed by atoms with Gasteiger partial charge < -0.3 is 9.90 Å². The van der Waals surface area contributed by atoms with E-state index in [1.807, 2.05) is 0 Å². The number of hydrogen-bond acceptors (Lipinski definition) is 4. The molecule has 3 rings (SSSR count). The second-order valence-corrected chi connectivity index (χ2v) is 10.1. The molecule has 156 valence electrons. The van der Waals surface area contributed by atoms with Gasteiger partial charge in [0.15, 0.2) is 9.84 Å². The maximum Gasteiger partial charge on any atom is 1.00 e. The number of carbonyl (C=O) groups is 1. The minimum absolute atomic E-state index is 0. The first-order valence-electron chi connectivity index (χ1n) is 9.31. The molecular formula is C21H20ClF2KO4S. The van der Waals surface area contributed by atoms with Crippen molar-refractivity contribution < 1.29 is 78.5 Å². The van der Waals surface area contributed by atoms with Crippen LogP contribution in [0.15, 0.2) is 47.4 Å². The molecule has 9 heteroatoms. The Labute approximate surface area is 222 Å². The van der Waals surface area contributed by atoms with Crippen LogP contribution in [0.3, 0.4) is 0 Å². The quantitative estimate of drug-likeness (QED) is 0.578. The van der Waals surface area contributed by atoms with Crippen LogP contribution < -0.4 is 56.5 Å². The van der Waals surface area contributed by atoms with Gasteiger partial charge in [0.25, 0.3) is 0 Å². The summed E-state index contributed by atoms with van der Waals surface area (Å²) >= 11 is 5.87. The minimum atomic E-state index is -4.08. The second kappa shape index (κ2) is 10.5. The molecule has 0 atom stereocenters. The molecule has 0 unspecified atom stereocenters. The number of carbonyl (C=O) groups excluding carboxylic acids is 1. The molecule has 30 heavy (non-hydrogen) atoms. The van der Waals surface area contributed by atoms with E-state index in [0.29, 0.717) is 24.3 Å². The second-order valence-electron chi connectivity index (χ2n) is 7.43. The third kappa shape index (κ3) is 5.34. The van der Waals surface area contributed by atoms with Crippen molar-refractivity contribution in [2.45, 2.75) is 48.2 Å². The standard InChI is InChI=1S/C21H21ClF2O4S.K/c22-15-2-5-17(6-3-15)29(27,28)21(18-13-16(23)4-7-19(18)24)11-9-14(10-12-21)1-8-20(25)26;/h2-7,13-14H,1,8-12H2,(H,25,26);/q;+1/p-1. The van der Waals surface area contributed by atoms with E-state index in [4.69, 9.17) is 11.6 Å². The fourth-order valence-electron chi connectivity index (χ4n) is 4.12. The van der Waals surface area contributed by atoms with Gasteiger partial charge >= 0.3 is 51.4 Å². The molecule has 0 amide bonds. The summed E-state index contributed by atoms with van der Waals surface area (Å²) in [7, 11) is -4.08. The van der Waals surface area contributed by atoms with Crippen molar-refractivity contribution in [3.8, 4) is 0 Å². The first kappa shape index (κ1) is 25.9. The van der Waals surface area contributed by atoms with Crippen LogP contribution in [0, 0.1) is 17.6 Å². The van der Waals surface area contributed by atoms with Crippen LogP contribution in [0.25, 0.3) is 0 Å². The zero-order valence-corrected chi connectivity index (χ0v) is 21.2. The molecule has 0 aliphatic heterocycles. The van der Waals surface area contributed by atoms with E-state index < -0.39 is 32.2 Å². The molecule has 0 spiro atoms. The molecule has 0 heterocycles. The van der Waals surface area contributed by atoms with E-state index in [1.165, 1.54) is 24.3 Å². The molecule has 0 aromatic heterocycles. The molecule has 0 radical (unpaired) electrons. The Bertz CT molecular complexity index is 1000. The number of halogens is 3. The summed E-state index contributed by atoms with van der Waals surface area (Å²) in [5, 5.41) is 11.1. The van der Waals surface area contributed by atoms with Crippen LogP contribution >= 0.6 is 11.6 Å². The molecule has 0 saturated heterocycles. The van der Waals surface area contributed by atoms with Crippen molar-refractivity contribution in [1.82, 2.24) is 0 Å². The van der Waals surface area contributed by atoms with Gasteiger partial charge in [0.1, 0.15) is 16.4 Å². The van der Waals surface area contributed by atoms with Gasteiger partial charge in [0.2, 0.25) is 0 Å². The molecule has 0 bridgehead atoms. The van der Waals surface area contributed by atoms with Gasteiger partial charge in [-0.15, -0.1) is 0 Å². The summed E-state index contributed by atoms with van der Waals surface area (Å²) < 4.78 is 54.3. The van der Waals surface area contributed by atoms with E-state index in [2.05, 4.69) is 0 Å². The first-order chi connectivity index (χ1) is 13.7. The summed E-state index contributed by atoms with van der Waals surface area (Å²) in [6, 6.07) is 8.44. The van der Waals surface area contributed by atoms with Crippen molar-refractivity contribution in [2.24, 2.45) is 5.92 Å². The smallest absolute Gasteiger partial charge is 0.550 e. The van der Waals surface area contributed by atoms with Crippen molar-refractivity contribution in [3.63, 3.8) is 0 Å². The molecule has 0 N–H and O–H groups in total. The van der Waals surface area contributed by atoms with Gasteiger partial charge in [0.05, 0.1) is 4.90 Å². The molecule has 1 aliphatic rings. The summed E-state index contributed by atoms with van der Waals surface area (Å²) in [6.45, 7) is 0. The number of carboxylic acids is 1. The predicted molar refractivity (Wildman–Crippen MR) is 103 cm³/mol. The number of hydrogen-bond donors (Lipinski definition) is 0. The van der Waals surface area contributed by atoms with Crippen LogP contribution in [-0.4, -0.2) is 14.4 Å². The molecule has 1 fully saturated rings.